The van der Waals surface area contributed by atoms with Crippen molar-refractivity contribution in [3.8, 4) is 5.75 Å². The molecule has 0 aromatic heterocycles. The van der Waals surface area contributed by atoms with E-state index in [1.807, 2.05) is 0 Å². The van der Waals surface area contributed by atoms with Crippen LogP contribution < -0.4 is 20.7 Å². The molecular weight excluding hydrogens is 311 g/mol. The maximum absolute atomic E-state index is 12.2. The van der Waals surface area contributed by atoms with Crippen molar-refractivity contribution in [3.05, 3.63) is 48.0 Å². The van der Waals surface area contributed by atoms with E-state index >= 15 is 0 Å². The third-order valence-corrected chi connectivity index (χ3v) is 3.19. The molecule has 23 heavy (non-hydrogen) atoms. The molecule has 0 aliphatic carbocycles. The smallest absolute Gasteiger partial charge is 0.406 e. The zero-order valence-corrected chi connectivity index (χ0v) is 11.7. The molecule has 1 aliphatic rings. The number of benzene rings is 2. The number of carbonyl (C=O) groups is 1. The number of nitrogens with one attached hydrogen (secondary N) is 3. The number of amides is 1. The van der Waals surface area contributed by atoms with Gasteiger partial charge in [-0.15, -0.1) is 13.2 Å². The first kappa shape index (κ1) is 15.0. The second-order valence-electron chi connectivity index (χ2n) is 4.82. The number of hydrogen-bond donors (Lipinski definition) is 3. The number of anilines is 3. The summed E-state index contributed by atoms with van der Waals surface area (Å²) >= 11 is 0. The number of hydrogen-bond acceptors (Lipinski definition) is 4. The minimum atomic E-state index is -4.74. The molecule has 1 heterocycles. The molecule has 2 aromatic carbocycles. The molecule has 2 aromatic rings. The molecule has 120 valence electrons. The molecule has 0 bridgehead atoms. The van der Waals surface area contributed by atoms with E-state index < -0.39 is 6.36 Å². The van der Waals surface area contributed by atoms with Gasteiger partial charge in [0.25, 0.3) is 5.91 Å². The van der Waals surface area contributed by atoms with Gasteiger partial charge in [0.15, 0.2) is 0 Å². The Hall–Kier alpha value is -2.90. The van der Waals surface area contributed by atoms with E-state index in [1.54, 1.807) is 18.2 Å². The van der Waals surface area contributed by atoms with Crippen LogP contribution in [0.15, 0.2) is 42.5 Å². The summed E-state index contributed by atoms with van der Waals surface area (Å²) < 4.78 is 40.0. The van der Waals surface area contributed by atoms with Gasteiger partial charge in [0.2, 0.25) is 0 Å². The summed E-state index contributed by atoms with van der Waals surface area (Å²) in [5.41, 5.74) is 2.55. The van der Waals surface area contributed by atoms with Gasteiger partial charge in [-0.2, -0.15) is 0 Å². The lowest BCUT2D eigenvalue weighted by Crippen LogP contribution is -2.17. The molecular formula is C15H12F3N3O2. The van der Waals surface area contributed by atoms with Crippen LogP contribution in [0.3, 0.4) is 0 Å². The highest BCUT2D eigenvalue weighted by molar-refractivity contribution is 6.05. The zero-order chi connectivity index (χ0) is 16.4. The summed E-state index contributed by atoms with van der Waals surface area (Å²) in [7, 11) is 0. The van der Waals surface area contributed by atoms with Crippen LogP contribution in [0.2, 0.25) is 0 Å². The monoisotopic (exact) mass is 323 g/mol. The van der Waals surface area contributed by atoms with Crippen LogP contribution in [0.25, 0.3) is 0 Å². The van der Waals surface area contributed by atoms with Crippen LogP contribution in [-0.2, 0) is 0 Å². The Morgan fingerprint density at radius 3 is 2.43 bits per heavy atom. The molecule has 1 aliphatic heterocycles. The topological polar surface area (TPSA) is 62.4 Å². The Balaban J connectivity index is 1.68. The second kappa shape index (κ2) is 5.71. The molecule has 0 radical (unpaired) electrons. The van der Waals surface area contributed by atoms with Crippen LogP contribution in [0.1, 0.15) is 10.4 Å². The van der Waals surface area contributed by atoms with Crippen molar-refractivity contribution in [2.45, 2.75) is 6.36 Å². The van der Waals surface area contributed by atoms with E-state index in [0.717, 1.165) is 23.5 Å². The quantitative estimate of drug-likeness (QED) is 0.807. The van der Waals surface area contributed by atoms with Crippen LogP contribution in [0, 0.1) is 0 Å². The number of rotatable bonds is 3. The molecule has 0 spiro atoms. The van der Waals surface area contributed by atoms with Gasteiger partial charge < -0.3 is 20.7 Å². The van der Waals surface area contributed by atoms with Crippen molar-refractivity contribution < 1.29 is 22.7 Å². The van der Waals surface area contributed by atoms with Gasteiger partial charge >= 0.3 is 6.36 Å². The normalized spacial score (nSPS) is 12.8. The van der Waals surface area contributed by atoms with Gasteiger partial charge in [-0.25, -0.2) is 0 Å². The van der Waals surface area contributed by atoms with Crippen molar-refractivity contribution in [1.82, 2.24) is 0 Å². The lowest BCUT2D eigenvalue weighted by molar-refractivity contribution is -0.274. The van der Waals surface area contributed by atoms with E-state index in [0.29, 0.717) is 17.9 Å². The van der Waals surface area contributed by atoms with Gasteiger partial charge in [0.1, 0.15) is 5.75 Å². The number of carbonyl (C=O) groups excluding carboxylic acids is 1. The first-order valence-corrected chi connectivity index (χ1v) is 6.70. The van der Waals surface area contributed by atoms with Crippen LogP contribution in [0.4, 0.5) is 30.2 Å². The highest BCUT2D eigenvalue weighted by atomic mass is 19.4. The Morgan fingerprint density at radius 2 is 1.74 bits per heavy atom. The predicted molar refractivity (Wildman–Crippen MR) is 79.6 cm³/mol. The molecule has 0 atom stereocenters. The maximum Gasteiger partial charge on any atom is 0.573 e. The van der Waals surface area contributed by atoms with Crippen LogP contribution in [-0.4, -0.2) is 18.9 Å². The van der Waals surface area contributed by atoms with E-state index in [4.69, 9.17) is 0 Å². The average Bonchev–Trinajstić information content (AvgIpc) is 2.95. The molecule has 0 unspecified atom stereocenters. The summed E-state index contributed by atoms with van der Waals surface area (Å²) in [5.74, 6) is -0.700. The molecule has 5 nitrogen and oxygen atoms in total. The van der Waals surface area contributed by atoms with Gasteiger partial charge in [0, 0.05) is 11.3 Å². The molecule has 0 fully saturated rings. The van der Waals surface area contributed by atoms with E-state index in [1.165, 1.54) is 12.1 Å². The first-order chi connectivity index (χ1) is 10.9. The number of alkyl halides is 3. The molecule has 3 N–H and O–H groups in total. The fourth-order valence-corrected chi connectivity index (χ4v) is 2.16. The first-order valence-electron chi connectivity index (χ1n) is 6.70. The standard InChI is InChI=1S/C15H12F3N3O2/c16-15(17,18)23-11-4-2-10(3-5-11)21-14(22)9-1-6-12-13(7-9)20-8-19-12/h1-7,19-20H,8H2,(H,21,22). The van der Waals surface area contributed by atoms with E-state index in [-0.39, 0.29) is 11.7 Å². The maximum atomic E-state index is 12.2. The van der Waals surface area contributed by atoms with Crippen LogP contribution in [0.5, 0.6) is 5.75 Å². The number of fused-ring (bicyclic) bond motifs is 1. The van der Waals surface area contributed by atoms with Crippen molar-refractivity contribution in [3.63, 3.8) is 0 Å². The fraction of sp³-hybridized carbons (Fsp3) is 0.133. The summed E-state index contributed by atoms with van der Waals surface area (Å²) in [4.78, 5) is 12.2. The summed E-state index contributed by atoms with van der Waals surface area (Å²) in [6.07, 6.45) is -4.74. The second-order valence-corrected chi connectivity index (χ2v) is 4.82. The third-order valence-electron chi connectivity index (χ3n) is 3.19. The number of ether oxygens (including phenoxy) is 1. The van der Waals surface area contributed by atoms with Gasteiger partial charge in [-0.05, 0) is 42.5 Å². The molecule has 1 amide bonds. The Morgan fingerprint density at radius 1 is 1.04 bits per heavy atom. The van der Waals surface area contributed by atoms with Crippen molar-refractivity contribution in [1.29, 1.82) is 0 Å². The van der Waals surface area contributed by atoms with Crippen LogP contribution >= 0.6 is 0 Å². The fourth-order valence-electron chi connectivity index (χ4n) is 2.16. The van der Waals surface area contributed by atoms with Gasteiger partial charge in [-0.3, -0.25) is 4.79 Å². The lowest BCUT2D eigenvalue weighted by atomic mass is 10.1. The Kier molecular flexibility index (Phi) is 3.73. The predicted octanol–water partition coefficient (Wildman–Crippen LogP) is 3.63. The Bertz CT molecular complexity index is 730. The highest BCUT2D eigenvalue weighted by Crippen LogP contribution is 2.28. The van der Waals surface area contributed by atoms with Crippen molar-refractivity contribution in [2.75, 3.05) is 22.6 Å². The molecule has 0 saturated heterocycles. The minimum Gasteiger partial charge on any atom is -0.406 e. The molecule has 3 rings (SSSR count). The average molecular weight is 323 g/mol. The zero-order valence-electron chi connectivity index (χ0n) is 11.7. The van der Waals surface area contributed by atoms with Gasteiger partial charge in [-0.1, -0.05) is 0 Å². The van der Waals surface area contributed by atoms with E-state index in [9.17, 15) is 18.0 Å². The van der Waals surface area contributed by atoms with E-state index in [2.05, 4.69) is 20.7 Å². The summed E-state index contributed by atoms with van der Waals surface area (Å²) in [6.45, 7) is 0.598. The van der Waals surface area contributed by atoms with Crippen molar-refractivity contribution in [2.24, 2.45) is 0 Å². The molecule has 8 heteroatoms. The SMILES string of the molecule is O=C(Nc1ccc(OC(F)(F)F)cc1)c1ccc2c(c1)NCN2. The minimum absolute atomic E-state index is 0.344. The summed E-state index contributed by atoms with van der Waals surface area (Å²) in [5, 5.41) is 8.78. The number of halogens is 3. The third kappa shape index (κ3) is 3.65. The summed E-state index contributed by atoms with van der Waals surface area (Å²) in [6, 6.07) is 10.1. The van der Waals surface area contributed by atoms with Gasteiger partial charge in [0.05, 0.1) is 18.0 Å². The molecule has 0 saturated carbocycles. The highest BCUT2D eigenvalue weighted by Gasteiger charge is 2.30. The Labute approximate surface area is 129 Å². The largest absolute Gasteiger partial charge is 0.573 e. The lowest BCUT2D eigenvalue weighted by Gasteiger charge is -2.10. The van der Waals surface area contributed by atoms with Crippen molar-refractivity contribution >= 4 is 23.0 Å².